The van der Waals surface area contributed by atoms with Crippen LogP contribution in [0, 0.1) is 11.3 Å². The van der Waals surface area contributed by atoms with Gasteiger partial charge in [-0.2, -0.15) is 5.26 Å². The minimum Gasteiger partial charge on any atom is -0.497 e. The van der Waals surface area contributed by atoms with Gasteiger partial charge in [0.15, 0.2) is 0 Å². The molecule has 140 valence electrons. The molecule has 0 atom stereocenters. The fraction of sp³-hybridized carbons (Fsp3) is 0.333. The summed E-state index contributed by atoms with van der Waals surface area (Å²) in [6, 6.07) is 17.3. The first kappa shape index (κ1) is 18.7. The van der Waals surface area contributed by atoms with Gasteiger partial charge < -0.3 is 15.0 Å². The molecule has 0 saturated carbocycles. The highest BCUT2D eigenvalue weighted by atomic mass is 16.5. The molecular weight excluding hydrogens is 340 g/mol. The van der Waals surface area contributed by atoms with Crippen molar-refractivity contribution in [3.8, 4) is 11.8 Å². The molecule has 0 bridgehead atoms. The number of ether oxygens (including phenoxy) is 1. The molecule has 0 aliphatic carbocycles. The van der Waals surface area contributed by atoms with Crippen LogP contribution in [0.25, 0.3) is 0 Å². The molecule has 1 amide bonds. The van der Waals surface area contributed by atoms with Gasteiger partial charge in [0.25, 0.3) is 0 Å². The van der Waals surface area contributed by atoms with Crippen LogP contribution < -0.4 is 15.0 Å². The standard InChI is InChI=1S/C21H24N4O2/c1-27-19-9-7-18(8-10-19)23-21(26)16-24-11-4-12-25(14-13-24)20-6-3-2-5-17(20)15-22/h2-3,5-10H,4,11-14,16H2,1H3,(H,23,26). The number of anilines is 2. The summed E-state index contributed by atoms with van der Waals surface area (Å²) >= 11 is 0. The van der Waals surface area contributed by atoms with E-state index in [9.17, 15) is 10.1 Å². The van der Waals surface area contributed by atoms with Crippen LogP contribution in [0.5, 0.6) is 5.75 Å². The van der Waals surface area contributed by atoms with Gasteiger partial charge in [-0.15, -0.1) is 0 Å². The number of benzene rings is 2. The summed E-state index contributed by atoms with van der Waals surface area (Å²) in [6.45, 7) is 3.70. The molecule has 6 nitrogen and oxygen atoms in total. The monoisotopic (exact) mass is 364 g/mol. The first-order valence-corrected chi connectivity index (χ1v) is 9.10. The summed E-state index contributed by atoms with van der Waals surface area (Å²) in [4.78, 5) is 16.8. The molecule has 1 N–H and O–H groups in total. The SMILES string of the molecule is COc1ccc(NC(=O)CN2CCCN(c3ccccc3C#N)CC2)cc1. The summed E-state index contributed by atoms with van der Waals surface area (Å²) in [7, 11) is 1.62. The van der Waals surface area contributed by atoms with Crippen LogP contribution in [0.2, 0.25) is 0 Å². The Morgan fingerprint density at radius 1 is 1.11 bits per heavy atom. The van der Waals surface area contributed by atoms with E-state index < -0.39 is 0 Å². The molecule has 1 aliphatic heterocycles. The van der Waals surface area contributed by atoms with Crippen LogP contribution in [-0.2, 0) is 4.79 Å². The van der Waals surface area contributed by atoms with E-state index in [1.807, 2.05) is 48.5 Å². The Labute approximate surface area is 160 Å². The predicted molar refractivity (Wildman–Crippen MR) is 106 cm³/mol. The number of amides is 1. The molecule has 2 aromatic rings. The molecule has 0 unspecified atom stereocenters. The Hall–Kier alpha value is -3.04. The van der Waals surface area contributed by atoms with Gasteiger partial charge in [0.2, 0.25) is 5.91 Å². The van der Waals surface area contributed by atoms with Crippen molar-refractivity contribution in [3.63, 3.8) is 0 Å². The number of rotatable bonds is 5. The summed E-state index contributed by atoms with van der Waals surface area (Å²) in [5, 5.41) is 12.2. The third kappa shape index (κ3) is 4.99. The first-order valence-electron chi connectivity index (χ1n) is 9.10. The molecule has 27 heavy (non-hydrogen) atoms. The van der Waals surface area contributed by atoms with Gasteiger partial charge in [-0.1, -0.05) is 12.1 Å². The number of hydrogen-bond acceptors (Lipinski definition) is 5. The minimum atomic E-state index is -0.0222. The zero-order chi connectivity index (χ0) is 19.1. The van der Waals surface area contributed by atoms with Gasteiger partial charge >= 0.3 is 0 Å². The van der Waals surface area contributed by atoms with E-state index in [2.05, 4.69) is 21.2 Å². The van der Waals surface area contributed by atoms with E-state index in [-0.39, 0.29) is 5.91 Å². The third-order valence-electron chi connectivity index (χ3n) is 4.69. The lowest BCUT2D eigenvalue weighted by Gasteiger charge is -2.24. The second-order valence-corrected chi connectivity index (χ2v) is 6.52. The topological polar surface area (TPSA) is 68.6 Å². The van der Waals surface area contributed by atoms with E-state index in [1.54, 1.807) is 7.11 Å². The highest BCUT2D eigenvalue weighted by Crippen LogP contribution is 2.21. The normalized spacial score (nSPS) is 14.9. The maximum atomic E-state index is 12.4. The number of para-hydroxylation sites is 1. The molecule has 1 saturated heterocycles. The van der Waals surface area contributed by atoms with Gasteiger partial charge in [-0.25, -0.2) is 0 Å². The van der Waals surface area contributed by atoms with E-state index >= 15 is 0 Å². The Bertz CT molecular complexity index is 814. The van der Waals surface area contributed by atoms with Crippen molar-refractivity contribution in [1.82, 2.24) is 4.90 Å². The first-order chi connectivity index (χ1) is 13.2. The minimum absolute atomic E-state index is 0.0222. The van der Waals surface area contributed by atoms with Gasteiger partial charge in [0, 0.05) is 31.9 Å². The Balaban J connectivity index is 1.54. The number of carbonyl (C=O) groups is 1. The van der Waals surface area contributed by atoms with Crippen molar-refractivity contribution in [2.75, 3.05) is 50.1 Å². The molecule has 0 spiro atoms. The Morgan fingerprint density at radius 3 is 2.63 bits per heavy atom. The molecule has 6 heteroatoms. The van der Waals surface area contributed by atoms with Crippen LogP contribution in [0.1, 0.15) is 12.0 Å². The van der Waals surface area contributed by atoms with E-state index in [1.165, 1.54) is 0 Å². The lowest BCUT2D eigenvalue weighted by molar-refractivity contribution is -0.117. The van der Waals surface area contributed by atoms with E-state index in [4.69, 9.17) is 4.74 Å². The average molecular weight is 364 g/mol. The fourth-order valence-corrected chi connectivity index (χ4v) is 3.29. The van der Waals surface area contributed by atoms with Crippen molar-refractivity contribution in [1.29, 1.82) is 5.26 Å². The largest absolute Gasteiger partial charge is 0.497 e. The summed E-state index contributed by atoms with van der Waals surface area (Å²) in [5.74, 6) is 0.740. The number of hydrogen-bond donors (Lipinski definition) is 1. The number of nitriles is 1. The molecule has 0 radical (unpaired) electrons. The second-order valence-electron chi connectivity index (χ2n) is 6.52. The second kappa shape index (κ2) is 9.06. The van der Waals surface area contributed by atoms with Crippen molar-refractivity contribution in [2.24, 2.45) is 0 Å². The smallest absolute Gasteiger partial charge is 0.238 e. The number of nitrogens with zero attached hydrogens (tertiary/aromatic N) is 3. The van der Waals surface area contributed by atoms with Crippen LogP contribution in [0.4, 0.5) is 11.4 Å². The highest BCUT2D eigenvalue weighted by Gasteiger charge is 2.19. The molecule has 1 aliphatic rings. The third-order valence-corrected chi connectivity index (χ3v) is 4.69. The maximum Gasteiger partial charge on any atom is 0.238 e. The van der Waals surface area contributed by atoms with Crippen molar-refractivity contribution in [2.45, 2.75) is 6.42 Å². The average Bonchev–Trinajstić information content (AvgIpc) is 2.94. The summed E-state index contributed by atoms with van der Waals surface area (Å²) < 4.78 is 5.13. The quantitative estimate of drug-likeness (QED) is 0.883. The van der Waals surface area contributed by atoms with Gasteiger partial charge in [-0.05, 0) is 42.8 Å². The van der Waals surface area contributed by atoms with Crippen molar-refractivity contribution in [3.05, 3.63) is 54.1 Å². The zero-order valence-corrected chi connectivity index (χ0v) is 15.5. The summed E-state index contributed by atoms with van der Waals surface area (Å²) in [5.41, 5.74) is 2.44. The van der Waals surface area contributed by atoms with Crippen molar-refractivity contribution >= 4 is 17.3 Å². The molecule has 3 rings (SSSR count). The number of carbonyl (C=O) groups excluding carboxylic acids is 1. The van der Waals surface area contributed by atoms with Gasteiger partial charge in [0.05, 0.1) is 24.9 Å². The van der Waals surface area contributed by atoms with Gasteiger partial charge in [0.1, 0.15) is 11.8 Å². The zero-order valence-electron chi connectivity index (χ0n) is 15.5. The van der Waals surface area contributed by atoms with Crippen LogP contribution >= 0.6 is 0 Å². The van der Waals surface area contributed by atoms with Gasteiger partial charge in [-0.3, -0.25) is 9.69 Å². The van der Waals surface area contributed by atoms with Crippen LogP contribution in [-0.4, -0.2) is 50.6 Å². The van der Waals surface area contributed by atoms with Crippen LogP contribution in [0.15, 0.2) is 48.5 Å². The molecule has 0 aromatic heterocycles. The van der Waals surface area contributed by atoms with E-state index in [0.717, 1.165) is 49.7 Å². The lowest BCUT2D eigenvalue weighted by Crippen LogP contribution is -2.36. The molecule has 1 heterocycles. The summed E-state index contributed by atoms with van der Waals surface area (Å²) in [6.07, 6.45) is 0.954. The fourth-order valence-electron chi connectivity index (χ4n) is 3.29. The maximum absolute atomic E-state index is 12.4. The number of nitrogens with one attached hydrogen (secondary N) is 1. The van der Waals surface area contributed by atoms with E-state index in [0.29, 0.717) is 12.1 Å². The number of methoxy groups -OCH3 is 1. The predicted octanol–water partition coefficient (Wildman–Crippen LogP) is 2.72. The Kier molecular flexibility index (Phi) is 6.29. The molecule has 1 fully saturated rings. The lowest BCUT2D eigenvalue weighted by atomic mass is 10.1. The van der Waals surface area contributed by atoms with Crippen LogP contribution in [0.3, 0.4) is 0 Å². The highest BCUT2D eigenvalue weighted by molar-refractivity contribution is 5.92. The molecule has 2 aromatic carbocycles. The molecular formula is C21H24N4O2. The Morgan fingerprint density at radius 2 is 1.89 bits per heavy atom. The van der Waals surface area contributed by atoms with Crippen molar-refractivity contribution < 1.29 is 9.53 Å².